The van der Waals surface area contributed by atoms with Gasteiger partial charge in [-0.3, -0.25) is 4.90 Å². The van der Waals surface area contributed by atoms with Crippen LogP contribution in [-0.2, 0) is 11.3 Å². The van der Waals surface area contributed by atoms with Gasteiger partial charge in [-0.15, -0.1) is 0 Å². The molecular formula is C15H26N2O. The lowest BCUT2D eigenvalue weighted by molar-refractivity contribution is 0.101. The third-order valence-electron chi connectivity index (χ3n) is 2.86. The average molecular weight is 250 g/mol. The molecule has 18 heavy (non-hydrogen) atoms. The summed E-state index contributed by atoms with van der Waals surface area (Å²) in [5, 5.41) is 0. The molecule has 0 aliphatic rings. The van der Waals surface area contributed by atoms with Gasteiger partial charge in [0.05, 0.1) is 6.61 Å². The third-order valence-corrected chi connectivity index (χ3v) is 2.86. The van der Waals surface area contributed by atoms with Crippen molar-refractivity contribution in [2.24, 2.45) is 5.92 Å². The molecule has 3 nitrogen and oxygen atoms in total. The Balaban J connectivity index is 2.16. The first-order valence-corrected chi connectivity index (χ1v) is 6.68. The molecule has 102 valence electrons. The fraction of sp³-hybridized carbons (Fsp3) is 0.600. The molecule has 1 rings (SSSR count). The molecule has 1 aromatic rings. The van der Waals surface area contributed by atoms with Crippen LogP contribution in [-0.4, -0.2) is 31.7 Å². The summed E-state index contributed by atoms with van der Waals surface area (Å²) in [7, 11) is 2.11. The highest BCUT2D eigenvalue weighted by Crippen LogP contribution is 2.08. The summed E-state index contributed by atoms with van der Waals surface area (Å²) in [6.45, 7) is 7.96. The molecule has 0 aliphatic carbocycles. The fourth-order valence-corrected chi connectivity index (χ4v) is 1.72. The van der Waals surface area contributed by atoms with E-state index in [9.17, 15) is 0 Å². The molecule has 3 heteroatoms. The zero-order chi connectivity index (χ0) is 13.4. The molecule has 1 aromatic carbocycles. The van der Waals surface area contributed by atoms with Gasteiger partial charge in [-0.25, -0.2) is 0 Å². The molecule has 0 aromatic heterocycles. The molecule has 0 atom stereocenters. The summed E-state index contributed by atoms with van der Waals surface area (Å²) in [5.41, 5.74) is 7.84. The van der Waals surface area contributed by atoms with Gasteiger partial charge in [0, 0.05) is 25.4 Å². The lowest BCUT2D eigenvalue weighted by Gasteiger charge is -2.17. The number of rotatable bonds is 8. The second-order valence-corrected chi connectivity index (χ2v) is 5.28. The number of ether oxygens (including phenoxy) is 1. The van der Waals surface area contributed by atoms with Crippen molar-refractivity contribution in [3.05, 3.63) is 29.8 Å². The first-order chi connectivity index (χ1) is 8.58. The largest absolute Gasteiger partial charge is 0.399 e. The summed E-state index contributed by atoms with van der Waals surface area (Å²) >= 11 is 0. The van der Waals surface area contributed by atoms with Crippen molar-refractivity contribution in [2.75, 3.05) is 32.5 Å². The van der Waals surface area contributed by atoms with Gasteiger partial charge in [0.2, 0.25) is 0 Å². The third kappa shape index (κ3) is 6.62. The number of benzene rings is 1. The van der Waals surface area contributed by atoms with Crippen LogP contribution in [0.1, 0.15) is 25.8 Å². The van der Waals surface area contributed by atoms with E-state index in [-0.39, 0.29) is 0 Å². The Kier molecular flexibility index (Phi) is 6.76. The molecule has 0 spiro atoms. The van der Waals surface area contributed by atoms with Crippen molar-refractivity contribution in [3.63, 3.8) is 0 Å². The van der Waals surface area contributed by atoms with Gasteiger partial charge in [0.1, 0.15) is 0 Å². The summed E-state index contributed by atoms with van der Waals surface area (Å²) in [4.78, 5) is 2.25. The molecule has 0 fully saturated rings. The number of hydrogen-bond acceptors (Lipinski definition) is 3. The van der Waals surface area contributed by atoms with Crippen LogP contribution in [0.15, 0.2) is 24.3 Å². The van der Waals surface area contributed by atoms with Gasteiger partial charge in [-0.2, -0.15) is 0 Å². The Hall–Kier alpha value is -1.06. The van der Waals surface area contributed by atoms with Crippen molar-refractivity contribution < 1.29 is 4.74 Å². The van der Waals surface area contributed by atoms with E-state index in [4.69, 9.17) is 10.5 Å². The second-order valence-electron chi connectivity index (χ2n) is 5.28. The molecule has 0 unspecified atom stereocenters. The Morgan fingerprint density at radius 2 is 2.06 bits per heavy atom. The maximum atomic E-state index is 5.76. The lowest BCUT2D eigenvalue weighted by Crippen LogP contribution is -2.23. The smallest absolute Gasteiger partial charge is 0.0593 e. The van der Waals surface area contributed by atoms with E-state index >= 15 is 0 Å². The van der Waals surface area contributed by atoms with Gasteiger partial charge in [0.15, 0.2) is 0 Å². The number of nitrogen functional groups attached to an aromatic ring is 1. The Morgan fingerprint density at radius 3 is 2.72 bits per heavy atom. The predicted molar refractivity (Wildman–Crippen MR) is 77.5 cm³/mol. The number of anilines is 1. The Bertz CT molecular complexity index is 339. The lowest BCUT2D eigenvalue weighted by atomic mass is 10.1. The Morgan fingerprint density at radius 1 is 1.28 bits per heavy atom. The predicted octanol–water partition coefficient (Wildman–Crippen LogP) is 2.76. The van der Waals surface area contributed by atoms with Crippen LogP contribution in [0.5, 0.6) is 0 Å². The monoisotopic (exact) mass is 250 g/mol. The summed E-state index contributed by atoms with van der Waals surface area (Å²) in [6, 6.07) is 8.04. The minimum Gasteiger partial charge on any atom is -0.399 e. The minimum atomic E-state index is 0.718. The van der Waals surface area contributed by atoms with Crippen molar-refractivity contribution >= 4 is 5.69 Å². The molecular weight excluding hydrogens is 224 g/mol. The van der Waals surface area contributed by atoms with Crippen LogP contribution >= 0.6 is 0 Å². The zero-order valence-corrected chi connectivity index (χ0v) is 11.9. The molecule has 0 saturated heterocycles. The highest BCUT2D eigenvalue weighted by Gasteiger charge is 2.01. The summed E-state index contributed by atoms with van der Waals surface area (Å²) < 4.78 is 5.61. The van der Waals surface area contributed by atoms with Crippen molar-refractivity contribution in [2.45, 2.75) is 26.8 Å². The number of likely N-dealkylation sites (N-methyl/N-ethyl adjacent to an activating group) is 1. The van der Waals surface area contributed by atoms with Crippen LogP contribution in [0.4, 0.5) is 5.69 Å². The number of nitrogens with zero attached hydrogens (tertiary/aromatic N) is 1. The van der Waals surface area contributed by atoms with Crippen molar-refractivity contribution in [1.29, 1.82) is 0 Å². The van der Waals surface area contributed by atoms with E-state index in [1.54, 1.807) is 0 Å². The van der Waals surface area contributed by atoms with Gasteiger partial charge in [0.25, 0.3) is 0 Å². The van der Waals surface area contributed by atoms with Gasteiger partial charge < -0.3 is 10.5 Å². The molecule has 0 amide bonds. The zero-order valence-electron chi connectivity index (χ0n) is 11.9. The highest BCUT2D eigenvalue weighted by atomic mass is 16.5. The van der Waals surface area contributed by atoms with Gasteiger partial charge >= 0.3 is 0 Å². The quantitative estimate of drug-likeness (QED) is 0.569. The molecule has 0 saturated carbocycles. The minimum absolute atomic E-state index is 0.718. The molecule has 0 radical (unpaired) electrons. The van der Waals surface area contributed by atoms with E-state index in [0.29, 0.717) is 0 Å². The van der Waals surface area contributed by atoms with Crippen molar-refractivity contribution in [3.8, 4) is 0 Å². The number of hydrogen-bond donors (Lipinski definition) is 1. The van der Waals surface area contributed by atoms with Crippen LogP contribution in [0.2, 0.25) is 0 Å². The second kappa shape index (κ2) is 8.11. The SMILES string of the molecule is CC(C)CCOCCN(C)Cc1cccc(N)c1. The molecule has 0 aliphatic heterocycles. The van der Waals surface area contributed by atoms with Crippen LogP contribution in [0.25, 0.3) is 0 Å². The molecule has 0 heterocycles. The maximum Gasteiger partial charge on any atom is 0.0593 e. The van der Waals surface area contributed by atoms with Gasteiger partial charge in [-0.05, 0) is 37.1 Å². The highest BCUT2D eigenvalue weighted by molar-refractivity contribution is 5.40. The fourth-order valence-electron chi connectivity index (χ4n) is 1.72. The Labute approximate surface area is 111 Å². The van der Waals surface area contributed by atoms with Crippen LogP contribution in [0, 0.1) is 5.92 Å². The summed E-state index contributed by atoms with van der Waals surface area (Å²) in [5.74, 6) is 0.718. The standard InChI is InChI=1S/C15H26N2O/c1-13(2)7-9-18-10-8-17(3)12-14-5-4-6-15(16)11-14/h4-6,11,13H,7-10,12,16H2,1-3H3. The van der Waals surface area contributed by atoms with E-state index < -0.39 is 0 Å². The maximum absolute atomic E-state index is 5.76. The van der Waals surface area contributed by atoms with E-state index in [0.717, 1.165) is 44.3 Å². The van der Waals surface area contributed by atoms with E-state index in [2.05, 4.69) is 31.9 Å². The topological polar surface area (TPSA) is 38.5 Å². The van der Waals surface area contributed by atoms with E-state index in [1.807, 2.05) is 18.2 Å². The van der Waals surface area contributed by atoms with Gasteiger partial charge in [-0.1, -0.05) is 26.0 Å². The normalized spacial score (nSPS) is 11.4. The first kappa shape index (κ1) is 15.0. The number of nitrogens with two attached hydrogens (primary N) is 1. The van der Waals surface area contributed by atoms with Crippen LogP contribution in [0.3, 0.4) is 0 Å². The van der Waals surface area contributed by atoms with E-state index in [1.165, 1.54) is 5.56 Å². The first-order valence-electron chi connectivity index (χ1n) is 6.68. The average Bonchev–Trinajstić information content (AvgIpc) is 2.28. The van der Waals surface area contributed by atoms with Crippen molar-refractivity contribution in [1.82, 2.24) is 4.90 Å². The molecule has 0 bridgehead atoms. The molecule has 2 N–H and O–H groups in total. The van der Waals surface area contributed by atoms with Crippen LogP contribution < -0.4 is 5.73 Å². The summed E-state index contributed by atoms with van der Waals surface area (Å²) in [6.07, 6.45) is 1.14.